The molecule has 31 heavy (non-hydrogen) atoms. The van der Waals surface area contributed by atoms with Crippen molar-refractivity contribution in [3.05, 3.63) is 58.5 Å². The molecule has 1 amide bonds. The molecular formula is C24H27NO4S2. The summed E-state index contributed by atoms with van der Waals surface area (Å²) in [6.07, 6.45) is 3.60. The summed E-state index contributed by atoms with van der Waals surface area (Å²) in [5, 5.41) is 0. The van der Waals surface area contributed by atoms with Crippen LogP contribution in [0, 0.1) is 0 Å². The zero-order valence-corrected chi connectivity index (χ0v) is 19.7. The summed E-state index contributed by atoms with van der Waals surface area (Å²) in [4.78, 5) is 14.3. The highest BCUT2D eigenvalue weighted by Gasteiger charge is 2.28. The number of carbonyl (C=O) groups excluding carboxylic acids is 1. The third-order valence-corrected chi connectivity index (χ3v) is 6.18. The third kappa shape index (κ3) is 6.24. The van der Waals surface area contributed by atoms with E-state index in [-0.39, 0.29) is 5.91 Å². The summed E-state index contributed by atoms with van der Waals surface area (Å²) >= 11 is 6.49. The second-order valence-corrected chi connectivity index (χ2v) is 8.60. The van der Waals surface area contributed by atoms with Gasteiger partial charge >= 0.3 is 0 Å². The minimum absolute atomic E-state index is 0.0855. The molecule has 0 unspecified atom stereocenters. The highest BCUT2D eigenvalue weighted by Crippen LogP contribution is 2.34. The minimum Gasteiger partial charge on any atom is -0.493 e. The molecule has 0 N–H and O–H groups in total. The van der Waals surface area contributed by atoms with Gasteiger partial charge in [-0.2, -0.15) is 0 Å². The molecule has 1 saturated heterocycles. The molecule has 1 heterocycles. The molecule has 164 valence electrons. The summed E-state index contributed by atoms with van der Waals surface area (Å²) in [7, 11) is 1.69. The fraction of sp³-hybridized carbons (Fsp3) is 0.333. The molecule has 0 bridgehead atoms. The van der Waals surface area contributed by atoms with E-state index >= 15 is 0 Å². The van der Waals surface area contributed by atoms with Crippen LogP contribution >= 0.6 is 24.0 Å². The van der Waals surface area contributed by atoms with E-state index in [1.807, 2.05) is 43.3 Å². The van der Waals surface area contributed by atoms with E-state index in [0.717, 1.165) is 24.2 Å². The van der Waals surface area contributed by atoms with E-state index in [2.05, 4.69) is 19.1 Å². The monoisotopic (exact) mass is 457 g/mol. The average molecular weight is 458 g/mol. The Bertz CT molecular complexity index is 957. The summed E-state index contributed by atoms with van der Waals surface area (Å²) in [6.45, 7) is 5.67. The first-order chi connectivity index (χ1) is 15.0. The van der Waals surface area contributed by atoms with E-state index in [9.17, 15) is 4.79 Å². The SMILES string of the molecule is CCOc1cc(/C=C2/SC(=S)N(C)C2=O)ccc1OCCCOc1ccc(CC)cc1. The minimum atomic E-state index is -0.0855. The number of amides is 1. The molecule has 2 aromatic carbocycles. The number of thiocarbonyl (C=S) groups is 1. The van der Waals surface area contributed by atoms with Gasteiger partial charge in [-0.25, -0.2) is 0 Å². The highest BCUT2D eigenvalue weighted by molar-refractivity contribution is 8.26. The Labute approximate surface area is 193 Å². The summed E-state index contributed by atoms with van der Waals surface area (Å²) in [5.74, 6) is 2.11. The van der Waals surface area contributed by atoms with Crippen LogP contribution in [0.15, 0.2) is 47.4 Å². The van der Waals surface area contributed by atoms with Gasteiger partial charge in [0.15, 0.2) is 11.5 Å². The Kier molecular flexibility index (Phi) is 8.37. The first kappa shape index (κ1) is 23.2. The maximum absolute atomic E-state index is 12.2. The molecule has 0 atom stereocenters. The predicted octanol–water partition coefficient (Wildman–Crippen LogP) is 5.33. The number of carbonyl (C=O) groups is 1. The molecule has 0 aliphatic carbocycles. The number of thioether (sulfide) groups is 1. The number of ether oxygens (including phenoxy) is 3. The molecule has 5 nitrogen and oxygen atoms in total. The molecule has 1 aliphatic rings. The zero-order valence-electron chi connectivity index (χ0n) is 18.1. The average Bonchev–Trinajstić information content (AvgIpc) is 3.02. The molecule has 7 heteroatoms. The molecule has 0 spiro atoms. The Morgan fingerprint density at radius 3 is 2.39 bits per heavy atom. The normalized spacial score (nSPS) is 14.9. The quantitative estimate of drug-likeness (QED) is 0.273. The fourth-order valence-corrected chi connectivity index (χ4v) is 4.13. The zero-order chi connectivity index (χ0) is 22.2. The number of benzene rings is 2. The first-order valence-electron chi connectivity index (χ1n) is 10.3. The summed E-state index contributed by atoms with van der Waals surface area (Å²) < 4.78 is 18.0. The van der Waals surface area contributed by atoms with E-state index in [1.165, 1.54) is 22.2 Å². The van der Waals surface area contributed by atoms with Crippen LogP contribution in [0.5, 0.6) is 17.2 Å². The van der Waals surface area contributed by atoms with Crippen LogP contribution in [0.4, 0.5) is 0 Å². The number of likely N-dealkylation sites (N-methyl/N-ethyl adjacent to an activating group) is 1. The van der Waals surface area contributed by atoms with Crippen LogP contribution in [0.25, 0.3) is 6.08 Å². The second-order valence-electron chi connectivity index (χ2n) is 6.93. The molecule has 2 aromatic rings. The number of aryl methyl sites for hydroxylation is 1. The van der Waals surface area contributed by atoms with Crippen LogP contribution in [0.3, 0.4) is 0 Å². The van der Waals surface area contributed by atoms with Crippen molar-refractivity contribution in [2.24, 2.45) is 0 Å². The number of hydrogen-bond acceptors (Lipinski definition) is 6. The Morgan fingerprint density at radius 1 is 1.00 bits per heavy atom. The van der Waals surface area contributed by atoms with E-state index < -0.39 is 0 Å². The summed E-state index contributed by atoms with van der Waals surface area (Å²) in [6, 6.07) is 13.8. The maximum Gasteiger partial charge on any atom is 0.265 e. The van der Waals surface area contributed by atoms with E-state index in [1.54, 1.807) is 7.05 Å². The number of rotatable bonds is 10. The van der Waals surface area contributed by atoms with Crippen molar-refractivity contribution in [3.63, 3.8) is 0 Å². The van der Waals surface area contributed by atoms with Crippen molar-refractivity contribution in [1.82, 2.24) is 4.90 Å². The van der Waals surface area contributed by atoms with Gasteiger partial charge in [-0.15, -0.1) is 0 Å². The van der Waals surface area contributed by atoms with Gasteiger partial charge in [-0.05, 0) is 54.8 Å². The van der Waals surface area contributed by atoms with Crippen molar-refractivity contribution < 1.29 is 19.0 Å². The lowest BCUT2D eigenvalue weighted by atomic mass is 10.2. The maximum atomic E-state index is 12.2. The first-order valence-corrected chi connectivity index (χ1v) is 11.6. The lowest BCUT2D eigenvalue weighted by molar-refractivity contribution is -0.121. The van der Waals surface area contributed by atoms with Gasteiger partial charge in [0.05, 0.1) is 24.7 Å². The summed E-state index contributed by atoms with van der Waals surface area (Å²) in [5.41, 5.74) is 2.16. The molecule has 3 rings (SSSR count). The number of nitrogens with zero attached hydrogens (tertiary/aromatic N) is 1. The second kappa shape index (κ2) is 11.2. The van der Waals surface area contributed by atoms with Crippen molar-refractivity contribution >= 4 is 40.3 Å². The van der Waals surface area contributed by atoms with Gasteiger partial charge in [0.1, 0.15) is 10.1 Å². The number of hydrogen-bond donors (Lipinski definition) is 0. The smallest absolute Gasteiger partial charge is 0.265 e. The predicted molar refractivity (Wildman–Crippen MR) is 130 cm³/mol. The topological polar surface area (TPSA) is 48.0 Å². The molecule has 1 aliphatic heterocycles. The van der Waals surface area contributed by atoms with Crippen LogP contribution < -0.4 is 14.2 Å². The largest absolute Gasteiger partial charge is 0.493 e. The van der Waals surface area contributed by atoms with Gasteiger partial charge in [-0.3, -0.25) is 9.69 Å². The van der Waals surface area contributed by atoms with Crippen molar-refractivity contribution in [2.45, 2.75) is 26.7 Å². The van der Waals surface area contributed by atoms with Gasteiger partial charge in [0, 0.05) is 13.5 Å². The van der Waals surface area contributed by atoms with E-state index in [0.29, 0.717) is 40.5 Å². The lowest BCUT2D eigenvalue weighted by Crippen LogP contribution is -2.22. The van der Waals surface area contributed by atoms with Crippen LogP contribution in [-0.2, 0) is 11.2 Å². The molecule has 1 fully saturated rings. The molecule has 0 aromatic heterocycles. The Balaban J connectivity index is 1.55. The standard InChI is InChI=1S/C24H27NO4S2/c1-4-17-7-10-19(11-8-17)28-13-6-14-29-20-12-9-18(15-21(20)27-5-2)16-22-23(26)25(3)24(30)31-22/h7-12,15-16H,4-6,13-14H2,1-3H3/b22-16+. The van der Waals surface area contributed by atoms with Crippen LogP contribution in [-0.4, -0.2) is 42.0 Å². The van der Waals surface area contributed by atoms with Crippen LogP contribution in [0.2, 0.25) is 0 Å². The molecular weight excluding hydrogens is 430 g/mol. The van der Waals surface area contributed by atoms with E-state index in [4.69, 9.17) is 26.4 Å². The Hall–Kier alpha value is -2.51. The molecule has 0 saturated carbocycles. The van der Waals surface area contributed by atoms with Gasteiger partial charge in [0.25, 0.3) is 5.91 Å². The van der Waals surface area contributed by atoms with Crippen molar-refractivity contribution in [3.8, 4) is 17.2 Å². The van der Waals surface area contributed by atoms with Crippen molar-refractivity contribution in [2.75, 3.05) is 26.9 Å². The van der Waals surface area contributed by atoms with Crippen molar-refractivity contribution in [1.29, 1.82) is 0 Å². The molecule has 0 radical (unpaired) electrons. The highest BCUT2D eigenvalue weighted by atomic mass is 32.2. The lowest BCUT2D eigenvalue weighted by Gasteiger charge is -2.13. The van der Waals surface area contributed by atoms with Gasteiger partial charge in [-0.1, -0.05) is 49.1 Å². The van der Waals surface area contributed by atoms with Gasteiger partial charge < -0.3 is 14.2 Å². The van der Waals surface area contributed by atoms with Crippen LogP contribution in [0.1, 0.15) is 31.4 Å². The Morgan fingerprint density at radius 2 is 1.74 bits per heavy atom. The third-order valence-electron chi connectivity index (χ3n) is 4.70. The fourth-order valence-electron chi connectivity index (χ4n) is 2.95. The van der Waals surface area contributed by atoms with Gasteiger partial charge in [0.2, 0.25) is 0 Å².